The quantitative estimate of drug-likeness (QED) is 0.786. The lowest BCUT2D eigenvalue weighted by Gasteiger charge is -2.06. The number of hydrogen-bond donors (Lipinski definition) is 1. The normalized spacial score (nSPS) is 9.86. The van der Waals surface area contributed by atoms with Crippen molar-refractivity contribution in [1.29, 1.82) is 0 Å². The predicted octanol–water partition coefficient (Wildman–Crippen LogP) is 1.19. The molecular weight excluding hydrogens is 185 g/mol. The molecule has 14 heavy (non-hydrogen) atoms. The highest BCUT2D eigenvalue weighted by atomic mass is 19.1. The van der Waals surface area contributed by atoms with Gasteiger partial charge in [-0.1, -0.05) is 6.07 Å². The summed E-state index contributed by atoms with van der Waals surface area (Å²) < 4.78 is 18.3. The van der Waals surface area contributed by atoms with Crippen molar-refractivity contribution in [2.45, 2.75) is 13.3 Å². The first-order valence-corrected chi connectivity index (χ1v) is 4.19. The van der Waals surface area contributed by atoms with Crippen LogP contribution in [-0.2, 0) is 4.79 Å². The number of carbonyl (C=O) groups is 1. The maximum Gasteiger partial charge on any atom is 0.220 e. The molecule has 0 aliphatic heterocycles. The van der Waals surface area contributed by atoms with Crippen LogP contribution >= 0.6 is 0 Å². The number of aryl methyl sites for hydroxylation is 1. The molecule has 0 saturated carbocycles. The molecule has 4 heteroatoms. The van der Waals surface area contributed by atoms with E-state index in [0.717, 1.165) is 0 Å². The van der Waals surface area contributed by atoms with Gasteiger partial charge < -0.3 is 10.5 Å². The number of halogens is 1. The molecule has 2 N–H and O–H groups in total. The molecule has 1 aromatic rings. The first-order valence-electron chi connectivity index (χ1n) is 4.19. The van der Waals surface area contributed by atoms with Gasteiger partial charge in [0.1, 0.15) is 0 Å². The highest BCUT2D eigenvalue weighted by Crippen LogP contribution is 2.19. The minimum atomic E-state index is -0.468. The van der Waals surface area contributed by atoms with E-state index in [0.29, 0.717) is 5.56 Å². The number of hydrogen-bond acceptors (Lipinski definition) is 2. The van der Waals surface area contributed by atoms with Crippen LogP contribution < -0.4 is 10.5 Å². The smallest absolute Gasteiger partial charge is 0.220 e. The molecule has 0 saturated heterocycles. The molecule has 3 nitrogen and oxygen atoms in total. The fourth-order valence-electron chi connectivity index (χ4n) is 0.937. The summed E-state index contributed by atoms with van der Waals surface area (Å²) in [6.45, 7) is 1.69. The summed E-state index contributed by atoms with van der Waals surface area (Å²) in [6, 6.07) is 5.72. The Hall–Kier alpha value is -1.58. The Bertz CT molecular complexity index is 339. The van der Waals surface area contributed by atoms with E-state index in [1.807, 2.05) is 0 Å². The summed E-state index contributed by atoms with van der Waals surface area (Å²) in [6.07, 6.45) is 0.0805. The van der Waals surface area contributed by atoms with Crippen LogP contribution in [0.15, 0.2) is 12.1 Å². The number of rotatable bonds is 4. The molecule has 0 aliphatic carbocycles. The summed E-state index contributed by atoms with van der Waals surface area (Å²) in [7, 11) is 0. The number of nitrogens with two attached hydrogens (primary N) is 1. The zero-order chi connectivity index (χ0) is 10.6. The third-order valence-electron chi connectivity index (χ3n) is 1.69. The van der Waals surface area contributed by atoms with Crippen LogP contribution in [0.2, 0.25) is 0 Å². The van der Waals surface area contributed by atoms with Crippen molar-refractivity contribution in [1.82, 2.24) is 0 Å². The molecular formula is C10H11FNO2. The molecule has 1 radical (unpaired) electrons. The Morgan fingerprint density at radius 3 is 3.07 bits per heavy atom. The van der Waals surface area contributed by atoms with Crippen molar-refractivity contribution >= 4 is 5.91 Å². The topological polar surface area (TPSA) is 52.3 Å². The van der Waals surface area contributed by atoms with Crippen molar-refractivity contribution in [3.05, 3.63) is 29.6 Å². The lowest BCUT2D eigenvalue weighted by Crippen LogP contribution is -2.14. The standard InChI is InChI=1S/C10H11FNO2/c1-7-3-2-4-8(10(7)11)14-6-5-9(12)13/h2,4H,5-6H2,1H3,(H2,12,13). The van der Waals surface area contributed by atoms with Crippen molar-refractivity contribution in [3.63, 3.8) is 0 Å². The SMILES string of the molecule is Cc1[c]ccc(OCCC(N)=O)c1F. The van der Waals surface area contributed by atoms with Gasteiger partial charge in [-0.2, -0.15) is 0 Å². The molecule has 0 bridgehead atoms. The van der Waals surface area contributed by atoms with Gasteiger partial charge in [-0.3, -0.25) is 4.79 Å². The summed E-state index contributed by atoms with van der Waals surface area (Å²) >= 11 is 0. The van der Waals surface area contributed by atoms with Crippen molar-refractivity contribution in [2.24, 2.45) is 5.73 Å². The average Bonchev–Trinajstić information content (AvgIpc) is 2.12. The van der Waals surface area contributed by atoms with Gasteiger partial charge in [0.15, 0.2) is 11.6 Å². The van der Waals surface area contributed by atoms with Gasteiger partial charge in [-0.05, 0) is 24.6 Å². The average molecular weight is 196 g/mol. The summed E-state index contributed by atoms with van der Waals surface area (Å²) in [5.74, 6) is -0.788. The number of carbonyl (C=O) groups excluding carboxylic acids is 1. The van der Waals surface area contributed by atoms with Crippen molar-refractivity contribution in [2.75, 3.05) is 6.61 Å². The van der Waals surface area contributed by atoms with Crippen LogP contribution in [0.5, 0.6) is 5.75 Å². The van der Waals surface area contributed by atoms with Gasteiger partial charge in [-0.15, -0.1) is 0 Å². The molecule has 1 amide bonds. The number of ether oxygens (including phenoxy) is 1. The third kappa shape index (κ3) is 2.73. The molecule has 0 aliphatic rings. The third-order valence-corrected chi connectivity index (χ3v) is 1.69. The second kappa shape index (κ2) is 4.60. The molecule has 0 aromatic heterocycles. The number of amides is 1. The van der Waals surface area contributed by atoms with E-state index in [9.17, 15) is 9.18 Å². The van der Waals surface area contributed by atoms with Crippen LogP contribution in [0.25, 0.3) is 0 Å². The monoisotopic (exact) mass is 196 g/mol. The summed E-state index contributed by atoms with van der Waals surface area (Å²) in [5, 5.41) is 0. The predicted molar refractivity (Wildman–Crippen MR) is 49.3 cm³/mol. The molecule has 0 fully saturated rings. The Morgan fingerprint density at radius 2 is 2.43 bits per heavy atom. The summed E-state index contributed by atoms with van der Waals surface area (Å²) in [5.41, 5.74) is 5.30. The Kier molecular flexibility index (Phi) is 3.45. The minimum absolute atomic E-state index is 0.0805. The van der Waals surface area contributed by atoms with Crippen LogP contribution in [0.3, 0.4) is 0 Å². The van der Waals surface area contributed by atoms with Crippen LogP contribution in [0.4, 0.5) is 4.39 Å². The fraction of sp³-hybridized carbons (Fsp3) is 0.300. The van der Waals surface area contributed by atoms with E-state index in [1.165, 1.54) is 6.07 Å². The molecule has 0 spiro atoms. The second-order valence-electron chi connectivity index (χ2n) is 2.85. The van der Waals surface area contributed by atoms with Crippen LogP contribution in [0, 0.1) is 18.8 Å². The largest absolute Gasteiger partial charge is 0.490 e. The number of primary amides is 1. The lowest BCUT2D eigenvalue weighted by molar-refractivity contribution is -0.118. The second-order valence-corrected chi connectivity index (χ2v) is 2.85. The zero-order valence-corrected chi connectivity index (χ0v) is 7.84. The maximum absolute atomic E-state index is 13.3. The van der Waals surface area contributed by atoms with E-state index < -0.39 is 11.7 Å². The van der Waals surface area contributed by atoms with E-state index >= 15 is 0 Å². The van der Waals surface area contributed by atoms with Gasteiger partial charge in [0.25, 0.3) is 0 Å². The van der Waals surface area contributed by atoms with E-state index in [-0.39, 0.29) is 18.8 Å². The van der Waals surface area contributed by atoms with Gasteiger partial charge in [0.2, 0.25) is 5.91 Å². The Balaban J connectivity index is 2.59. The van der Waals surface area contributed by atoms with Crippen molar-refractivity contribution < 1.29 is 13.9 Å². The molecule has 75 valence electrons. The minimum Gasteiger partial charge on any atom is -0.490 e. The lowest BCUT2D eigenvalue weighted by atomic mass is 10.2. The Labute approximate surface area is 81.7 Å². The molecule has 0 atom stereocenters. The highest BCUT2D eigenvalue weighted by molar-refractivity contribution is 5.73. The molecule has 1 aromatic carbocycles. The highest BCUT2D eigenvalue weighted by Gasteiger charge is 2.05. The summed E-state index contributed by atoms with van der Waals surface area (Å²) in [4.78, 5) is 10.4. The number of benzene rings is 1. The first-order chi connectivity index (χ1) is 6.61. The van der Waals surface area contributed by atoms with Gasteiger partial charge in [0.05, 0.1) is 13.0 Å². The van der Waals surface area contributed by atoms with E-state index in [4.69, 9.17) is 10.5 Å². The van der Waals surface area contributed by atoms with Crippen molar-refractivity contribution in [3.8, 4) is 5.75 Å². The van der Waals surface area contributed by atoms with Crippen LogP contribution in [-0.4, -0.2) is 12.5 Å². The fourth-order valence-corrected chi connectivity index (χ4v) is 0.937. The van der Waals surface area contributed by atoms with Crippen LogP contribution in [0.1, 0.15) is 12.0 Å². The van der Waals surface area contributed by atoms with Gasteiger partial charge in [0, 0.05) is 0 Å². The van der Waals surface area contributed by atoms with E-state index in [2.05, 4.69) is 6.07 Å². The van der Waals surface area contributed by atoms with Gasteiger partial charge >= 0.3 is 0 Å². The molecule has 0 unspecified atom stereocenters. The molecule has 0 heterocycles. The molecule has 1 rings (SSSR count). The Morgan fingerprint density at radius 1 is 1.71 bits per heavy atom. The first kappa shape index (κ1) is 10.5. The van der Waals surface area contributed by atoms with Gasteiger partial charge in [-0.25, -0.2) is 4.39 Å². The maximum atomic E-state index is 13.3. The van der Waals surface area contributed by atoms with E-state index in [1.54, 1.807) is 13.0 Å². The zero-order valence-electron chi connectivity index (χ0n) is 7.84.